The zero-order chi connectivity index (χ0) is 17.3. The highest BCUT2D eigenvalue weighted by atomic mass is 31.2. The fourth-order valence-corrected chi connectivity index (χ4v) is 3.75. The van der Waals surface area contributed by atoms with E-state index in [1.54, 1.807) is 44.2 Å². The molecule has 0 aliphatic heterocycles. The van der Waals surface area contributed by atoms with Gasteiger partial charge in [0.25, 0.3) is 5.91 Å². The molecule has 7 heteroatoms. The number of hydrogen-bond acceptors (Lipinski definition) is 5. The van der Waals surface area contributed by atoms with Crippen molar-refractivity contribution in [1.29, 1.82) is 0 Å². The van der Waals surface area contributed by atoms with Gasteiger partial charge in [0, 0.05) is 12.0 Å². The molecule has 1 atom stereocenters. The van der Waals surface area contributed by atoms with Crippen molar-refractivity contribution in [3.8, 4) is 0 Å². The van der Waals surface area contributed by atoms with Crippen LogP contribution in [-0.2, 0) is 18.4 Å². The number of ketones is 1. The summed E-state index contributed by atoms with van der Waals surface area (Å²) in [5.74, 6) is -1.88. The molecule has 1 unspecified atom stereocenters. The van der Waals surface area contributed by atoms with Crippen molar-refractivity contribution < 1.29 is 23.2 Å². The summed E-state index contributed by atoms with van der Waals surface area (Å²) >= 11 is 0. The van der Waals surface area contributed by atoms with Crippen molar-refractivity contribution in [2.75, 3.05) is 13.2 Å². The lowest BCUT2D eigenvalue weighted by molar-refractivity contribution is -0.114. The van der Waals surface area contributed by atoms with Crippen LogP contribution in [0.3, 0.4) is 0 Å². The van der Waals surface area contributed by atoms with Crippen molar-refractivity contribution in [2.45, 2.75) is 26.1 Å². The summed E-state index contributed by atoms with van der Waals surface area (Å²) < 4.78 is 23.4. The summed E-state index contributed by atoms with van der Waals surface area (Å²) in [4.78, 5) is 24.0. The summed E-state index contributed by atoms with van der Waals surface area (Å²) in [7, 11) is -3.67. The van der Waals surface area contributed by atoms with E-state index in [4.69, 9.17) is 9.05 Å². The quantitative estimate of drug-likeness (QED) is 0.523. The van der Waals surface area contributed by atoms with Gasteiger partial charge < -0.3 is 14.4 Å². The zero-order valence-electron chi connectivity index (χ0n) is 13.4. The molecule has 1 aromatic rings. The molecular weight excluding hydrogens is 317 g/mol. The first kappa shape index (κ1) is 19.3. The van der Waals surface area contributed by atoms with Crippen LogP contribution in [0.15, 0.2) is 43.0 Å². The minimum absolute atomic E-state index is 0.136. The normalized spacial score (nSPS) is 12.4. The Morgan fingerprint density at radius 3 is 2.26 bits per heavy atom. The highest BCUT2D eigenvalue weighted by Gasteiger charge is 2.38. The third-order valence-corrected chi connectivity index (χ3v) is 5.27. The van der Waals surface area contributed by atoms with Gasteiger partial charge in [-0.05, 0) is 32.1 Å². The first-order chi connectivity index (χ1) is 11.0. The molecule has 1 aromatic carbocycles. The lowest BCUT2D eigenvalue weighted by atomic mass is 10.2. The van der Waals surface area contributed by atoms with Gasteiger partial charge in [-0.25, -0.2) is 0 Å². The molecule has 0 bridgehead atoms. The molecule has 6 nitrogen and oxygen atoms in total. The highest BCUT2D eigenvalue weighted by Crippen LogP contribution is 2.53. The van der Waals surface area contributed by atoms with E-state index in [0.29, 0.717) is 5.56 Å². The topological polar surface area (TPSA) is 81.7 Å². The maximum Gasteiger partial charge on any atom is 0.353 e. The van der Waals surface area contributed by atoms with Crippen LogP contribution in [0.4, 0.5) is 0 Å². The van der Waals surface area contributed by atoms with E-state index in [1.807, 2.05) is 0 Å². The van der Waals surface area contributed by atoms with Crippen LogP contribution in [0.1, 0.15) is 30.6 Å². The number of hydrogen-bond donors (Lipinski definition) is 1. The standard InChI is InChI=1S/C16H22NO5P/c1-4-14(18)12-15(23(20,21-5-2)22-6-3)17-16(19)13-10-8-7-9-11-13/h4,7-11,15H,1,5-6,12H2,2-3H3,(H,17,19). The molecule has 0 aromatic heterocycles. The SMILES string of the molecule is C=CC(=O)CC(NC(=O)c1ccccc1)P(=O)(OCC)OCC. The summed E-state index contributed by atoms with van der Waals surface area (Å²) in [5, 5.41) is 2.59. The van der Waals surface area contributed by atoms with Gasteiger partial charge in [-0.15, -0.1) is 0 Å². The number of benzene rings is 1. The average Bonchev–Trinajstić information content (AvgIpc) is 2.55. The Labute approximate surface area is 136 Å². The van der Waals surface area contributed by atoms with Crippen LogP contribution >= 0.6 is 7.60 Å². The summed E-state index contributed by atoms with van der Waals surface area (Å²) in [6.07, 6.45) is 0.906. The van der Waals surface area contributed by atoms with Gasteiger partial charge in [0.1, 0.15) is 5.78 Å². The van der Waals surface area contributed by atoms with E-state index in [-0.39, 0.29) is 25.4 Å². The van der Waals surface area contributed by atoms with E-state index in [0.717, 1.165) is 6.08 Å². The fraction of sp³-hybridized carbons (Fsp3) is 0.375. The Kier molecular flexibility index (Phi) is 7.89. The second-order valence-corrected chi connectivity index (χ2v) is 6.82. The van der Waals surface area contributed by atoms with Crippen LogP contribution in [0.25, 0.3) is 0 Å². The molecule has 0 spiro atoms. The van der Waals surface area contributed by atoms with Crippen LogP contribution in [0.2, 0.25) is 0 Å². The molecule has 0 saturated carbocycles. The van der Waals surface area contributed by atoms with Gasteiger partial charge in [-0.2, -0.15) is 0 Å². The molecule has 0 fully saturated rings. The van der Waals surface area contributed by atoms with Crippen LogP contribution in [-0.4, -0.2) is 30.7 Å². The second-order valence-electron chi connectivity index (χ2n) is 4.61. The number of nitrogens with one attached hydrogen (secondary N) is 1. The predicted octanol–water partition coefficient (Wildman–Crippen LogP) is 3.15. The van der Waals surface area contributed by atoms with E-state index in [2.05, 4.69) is 11.9 Å². The molecule has 126 valence electrons. The van der Waals surface area contributed by atoms with Gasteiger partial charge in [-0.3, -0.25) is 14.2 Å². The monoisotopic (exact) mass is 339 g/mol. The first-order valence-corrected chi connectivity index (χ1v) is 8.98. The molecule has 1 amide bonds. The Balaban J connectivity index is 3.03. The van der Waals surface area contributed by atoms with E-state index >= 15 is 0 Å². The van der Waals surface area contributed by atoms with Crippen molar-refractivity contribution in [3.05, 3.63) is 48.6 Å². The van der Waals surface area contributed by atoms with Gasteiger partial charge in [-0.1, -0.05) is 24.8 Å². The van der Waals surface area contributed by atoms with Crippen molar-refractivity contribution >= 4 is 19.3 Å². The van der Waals surface area contributed by atoms with Crippen molar-refractivity contribution in [3.63, 3.8) is 0 Å². The maximum absolute atomic E-state index is 12.9. The lowest BCUT2D eigenvalue weighted by Crippen LogP contribution is -2.37. The maximum atomic E-state index is 12.9. The summed E-state index contributed by atoms with van der Waals surface area (Å²) in [6, 6.07) is 8.44. The van der Waals surface area contributed by atoms with Crippen LogP contribution < -0.4 is 5.32 Å². The van der Waals surface area contributed by atoms with E-state index in [9.17, 15) is 14.2 Å². The van der Waals surface area contributed by atoms with Gasteiger partial charge >= 0.3 is 7.60 Å². The average molecular weight is 339 g/mol. The minimum atomic E-state index is -3.67. The summed E-state index contributed by atoms with van der Waals surface area (Å²) in [6.45, 7) is 6.99. The first-order valence-electron chi connectivity index (χ1n) is 7.36. The lowest BCUT2D eigenvalue weighted by Gasteiger charge is -2.26. The third kappa shape index (κ3) is 5.75. The number of carbonyl (C=O) groups excluding carboxylic acids is 2. The van der Waals surface area contributed by atoms with Gasteiger partial charge in [0.2, 0.25) is 0 Å². The predicted molar refractivity (Wildman–Crippen MR) is 88.4 cm³/mol. The molecule has 0 aliphatic carbocycles. The number of carbonyl (C=O) groups is 2. The number of allylic oxidation sites excluding steroid dienone is 1. The highest BCUT2D eigenvalue weighted by molar-refractivity contribution is 7.54. The molecule has 1 rings (SSSR count). The van der Waals surface area contributed by atoms with Crippen molar-refractivity contribution in [1.82, 2.24) is 5.32 Å². The smallest absolute Gasteiger partial charge is 0.337 e. The molecule has 0 heterocycles. The second kappa shape index (κ2) is 9.40. The van der Waals surface area contributed by atoms with Gasteiger partial charge in [0.15, 0.2) is 5.78 Å². The molecular formula is C16H22NO5P. The van der Waals surface area contributed by atoms with Crippen LogP contribution in [0.5, 0.6) is 0 Å². The Hall–Kier alpha value is -1.75. The number of amides is 1. The molecule has 23 heavy (non-hydrogen) atoms. The molecule has 0 radical (unpaired) electrons. The van der Waals surface area contributed by atoms with E-state index in [1.165, 1.54) is 0 Å². The Bertz CT molecular complexity index is 577. The molecule has 1 N–H and O–H groups in total. The number of rotatable bonds is 10. The molecule has 0 saturated heterocycles. The Morgan fingerprint density at radius 1 is 1.22 bits per heavy atom. The molecule has 0 aliphatic rings. The largest absolute Gasteiger partial charge is 0.353 e. The van der Waals surface area contributed by atoms with E-state index < -0.39 is 19.3 Å². The fourth-order valence-electron chi connectivity index (χ4n) is 1.92. The van der Waals surface area contributed by atoms with Crippen molar-refractivity contribution in [2.24, 2.45) is 0 Å². The zero-order valence-corrected chi connectivity index (χ0v) is 14.3. The van der Waals surface area contributed by atoms with Gasteiger partial charge in [0.05, 0.1) is 13.2 Å². The summed E-state index contributed by atoms with van der Waals surface area (Å²) in [5.41, 5.74) is 0.392. The third-order valence-electron chi connectivity index (χ3n) is 2.96. The Morgan fingerprint density at radius 2 is 1.78 bits per heavy atom. The van der Waals surface area contributed by atoms with Crippen LogP contribution in [0, 0.1) is 0 Å². The minimum Gasteiger partial charge on any atom is -0.337 e.